The Morgan fingerprint density at radius 3 is 2.44 bits per heavy atom. The average molecular weight is 258 g/mol. The standard InChI is InChI=1S/C13H20F2N2O/c1-3-18-8-7-17(2)12(9-16)13-10(14)5-4-6-11(13)15/h4-6,12H,3,7-9,16H2,1-2H3. The third-order valence-corrected chi connectivity index (χ3v) is 2.88. The Morgan fingerprint density at radius 2 is 1.94 bits per heavy atom. The van der Waals surface area contributed by atoms with Crippen LogP contribution in [0.15, 0.2) is 18.2 Å². The smallest absolute Gasteiger partial charge is 0.130 e. The van der Waals surface area contributed by atoms with Gasteiger partial charge in [0.2, 0.25) is 0 Å². The molecule has 0 aromatic heterocycles. The summed E-state index contributed by atoms with van der Waals surface area (Å²) >= 11 is 0. The maximum absolute atomic E-state index is 13.7. The van der Waals surface area contributed by atoms with Gasteiger partial charge in [-0.25, -0.2) is 8.78 Å². The molecule has 0 radical (unpaired) electrons. The van der Waals surface area contributed by atoms with Crippen LogP contribution in [0.2, 0.25) is 0 Å². The summed E-state index contributed by atoms with van der Waals surface area (Å²) in [4.78, 5) is 1.80. The summed E-state index contributed by atoms with van der Waals surface area (Å²) in [6.07, 6.45) is 0. The molecule has 0 heterocycles. The van der Waals surface area contributed by atoms with Crippen molar-refractivity contribution >= 4 is 0 Å². The molecule has 0 amide bonds. The molecular formula is C13H20F2N2O. The van der Waals surface area contributed by atoms with Crippen molar-refractivity contribution in [1.29, 1.82) is 0 Å². The van der Waals surface area contributed by atoms with E-state index in [0.717, 1.165) is 0 Å². The Balaban J connectivity index is 2.82. The minimum absolute atomic E-state index is 0.0269. The van der Waals surface area contributed by atoms with Crippen LogP contribution >= 0.6 is 0 Å². The van der Waals surface area contributed by atoms with Crippen LogP contribution in [0.5, 0.6) is 0 Å². The second-order valence-corrected chi connectivity index (χ2v) is 4.06. The van der Waals surface area contributed by atoms with Gasteiger partial charge >= 0.3 is 0 Å². The first-order valence-electron chi connectivity index (χ1n) is 6.03. The van der Waals surface area contributed by atoms with Crippen molar-refractivity contribution in [3.63, 3.8) is 0 Å². The highest BCUT2D eigenvalue weighted by Gasteiger charge is 2.22. The fourth-order valence-corrected chi connectivity index (χ4v) is 1.86. The van der Waals surface area contributed by atoms with Crippen molar-refractivity contribution in [1.82, 2.24) is 4.90 Å². The summed E-state index contributed by atoms with van der Waals surface area (Å²) in [6.45, 7) is 3.76. The molecule has 0 fully saturated rings. The lowest BCUT2D eigenvalue weighted by Crippen LogP contribution is -2.34. The number of hydrogen-bond donors (Lipinski definition) is 1. The van der Waals surface area contributed by atoms with Gasteiger partial charge in [0.05, 0.1) is 12.6 Å². The van der Waals surface area contributed by atoms with Crippen LogP contribution in [-0.4, -0.2) is 38.3 Å². The molecule has 0 bridgehead atoms. The molecule has 18 heavy (non-hydrogen) atoms. The molecule has 1 aromatic rings. The Bertz CT molecular complexity index is 354. The third-order valence-electron chi connectivity index (χ3n) is 2.88. The quantitative estimate of drug-likeness (QED) is 0.760. The van der Waals surface area contributed by atoms with Gasteiger partial charge < -0.3 is 10.5 Å². The first-order chi connectivity index (χ1) is 8.61. The topological polar surface area (TPSA) is 38.5 Å². The van der Waals surface area contributed by atoms with Crippen LogP contribution in [0.25, 0.3) is 0 Å². The first-order valence-corrected chi connectivity index (χ1v) is 6.03. The van der Waals surface area contributed by atoms with E-state index >= 15 is 0 Å². The van der Waals surface area contributed by atoms with Crippen LogP contribution in [0.4, 0.5) is 8.78 Å². The summed E-state index contributed by atoms with van der Waals surface area (Å²) in [6, 6.07) is 3.36. The molecule has 0 spiro atoms. The third kappa shape index (κ3) is 3.73. The van der Waals surface area contributed by atoms with Gasteiger partial charge in [-0.1, -0.05) is 6.07 Å². The van der Waals surface area contributed by atoms with Crippen LogP contribution in [-0.2, 0) is 4.74 Å². The molecule has 2 N–H and O–H groups in total. The number of benzene rings is 1. The van der Waals surface area contributed by atoms with E-state index in [4.69, 9.17) is 10.5 Å². The predicted molar refractivity (Wildman–Crippen MR) is 67.3 cm³/mol. The molecule has 0 saturated carbocycles. The highest BCUT2D eigenvalue weighted by Crippen LogP contribution is 2.24. The van der Waals surface area contributed by atoms with Gasteiger partial charge in [0.25, 0.3) is 0 Å². The van der Waals surface area contributed by atoms with E-state index in [1.165, 1.54) is 18.2 Å². The molecular weight excluding hydrogens is 238 g/mol. The number of nitrogens with two attached hydrogens (primary N) is 1. The van der Waals surface area contributed by atoms with Crippen LogP contribution in [0.3, 0.4) is 0 Å². The largest absolute Gasteiger partial charge is 0.380 e. The van der Waals surface area contributed by atoms with Crippen molar-refractivity contribution < 1.29 is 13.5 Å². The minimum Gasteiger partial charge on any atom is -0.380 e. The molecule has 3 nitrogen and oxygen atoms in total. The van der Waals surface area contributed by atoms with Gasteiger partial charge in [0, 0.05) is 25.3 Å². The second-order valence-electron chi connectivity index (χ2n) is 4.06. The highest BCUT2D eigenvalue weighted by atomic mass is 19.1. The van der Waals surface area contributed by atoms with Gasteiger partial charge in [-0.15, -0.1) is 0 Å². The van der Waals surface area contributed by atoms with Crippen molar-refractivity contribution in [2.75, 3.05) is 33.4 Å². The molecule has 102 valence electrons. The lowest BCUT2D eigenvalue weighted by atomic mass is 10.0. The van der Waals surface area contributed by atoms with Crippen LogP contribution in [0, 0.1) is 11.6 Å². The van der Waals surface area contributed by atoms with E-state index < -0.39 is 17.7 Å². The average Bonchev–Trinajstić information content (AvgIpc) is 2.34. The molecule has 0 aliphatic rings. The van der Waals surface area contributed by atoms with Crippen molar-refractivity contribution in [3.8, 4) is 0 Å². The fraction of sp³-hybridized carbons (Fsp3) is 0.538. The van der Waals surface area contributed by atoms with Crippen molar-refractivity contribution in [3.05, 3.63) is 35.4 Å². The molecule has 0 aliphatic heterocycles. The van der Waals surface area contributed by atoms with E-state index in [2.05, 4.69) is 0 Å². The predicted octanol–water partition coefficient (Wildman–Crippen LogP) is 1.93. The number of halogens is 2. The summed E-state index contributed by atoms with van der Waals surface area (Å²) < 4.78 is 32.6. The number of nitrogens with zero attached hydrogens (tertiary/aromatic N) is 1. The number of ether oxygens (including phenoxy) is 1. The fourth-order valence-electron chi connectivity index (χ4n) is 1.86. The van der Waals surface area contributed by atoms with Gasteiger partial charge in [-0.05, 0) is 26.1 Å². The van der Waals surface area contributed by atoms with E-state index in [0.29, 0.717) is 19.8 Å². The minimum atomic E-state index is -0.561. The highest BCUT2D eigenvalue weighted by molar-refractivity contribution is 5.23. The summed E-state index contributed by atoms with van der Waals surface area (Å²) in [5.41, 5.74) is 5.66. The van der Waals surface area contributed by atoms with E-state index in [1.54, 1.807) is 11.9 Å². The lowest BCUT2D eigenvalue weighted by molar-refractivity contribution is 0.107. The molecule has 5 heteroatoms. The number of rotatable bonds is 7. The van der Waals surface area contributed by atoms with E-state index in [1.807, 2.05) is 6.92 Å². The zero-order chi connectivity index (χ0) is 13.5. The molecule has 1 aromatic carbocycles. The zero-order valence-electron chi connectivity index (χ0n) is 10.8. The molecule has 1 atom stereocenters. The summed E-state index contributed by atoms with van der Waals surface area (Å²) in [5, 5.41) is 0. The SMILES string of the molecule is CCOCCN(C)C(CN)c1c(F)cccc1F. The Hall–Kier alpha value is -1.04. The lowest BCUT2D eigenvalue weighted by Gasteiger charge is -2.27. The van der Waals surface area contributed by atoms with Crippen molar-refractivity contribution in [2.24, 2.45) is 5.73 Å². The number of hydrogen-bond acceptors (Lipinski definition) is 3. The Labute approximate surface area is 107 Å². The Morgan fingerprint density at radius 1 is 1.33 bits per heavy atom. The summed E-state index contributed by atoms with van der Waals surface area (Å²) in [7, 11) is 1.78. The zero-order valence-corrected chi connectivity index (χ0v) is 10.8. The molecule has 0 saturated heterocycles. The maximum Gasteiger partial charge on any atom is 0.130 e. The monoisotopic (exact) mass is 258 g/mol. The van der Waals surface area contributed by atoms with Crippen LogP contribution < -0.4 is 5.73 Å². The van der Waals surface area contributed by atoms with E-state index in [9.17, 15) is 8.78 Å². The van der Waals surface area contributed by atoms with E-state index in [-0.39, 0.29) is 12.1 Å². The Kier molecular flexibility index (Phi) is 6.18. The van der Waals surface area contributed by atoms with Crippen molar-refractivity contribution in [2.45, 2.75) is 13.0 Å². The molecule has 1 rings (SSSR count). The summed E-state index contributed by atoms with van der Waals surface area (Å²) in [5.74, 6) is -1.12. The van der Waals surface area contributed by atoms with Crippen LogP contribution in [0.1, 0.15) is 18.5 Å². The normalized spacial score (nSPS) is 13.0. The molecule has 0 aliphatic carbocycles. The first kappa shape index (κ1) is 15.0. The van der Waals surface area contributed by atoms with Gasteiger partial charge in [-0.2, -0.15) is 0 Å². The van der Waals surface area contributed by atoms with Gasteiger partial charge in [0.15, 0.2) is 0 Å². The molecule has 1 unspecified atom stereocenters. The second kappa shape index (κ2) is 7.41. The van der Waals surface area contributed by atoms with Gasteiger partial charge in [-0.3, -0.25) is 4.90 Å². The van der Waals surface area contributed by atoms with Gasteiger partial charge in [0.1, 0.15) is 11.6 Å². The maximum atomic E-state index is 13.7. The number of likely N-dealkylation sites (N-methyl/N-ethyl adjacent to an activating group) is 1.